The van der Waals surface area contributed by atoms with E-state index in [0.717, 1.165) is 25.6 Å². The average molecular weight is 514 g/mol. The molecule has 164 valence electrons. The van der Waals surface area contributed by atoms with Gasteiger partial charge in [0.15, 0.2) is 5.96 Å². The lowest BCUT2D eigenvalue weighted by Crippen LogP contribution is -2.50. The Morgan fingerprint density at radius 2 is 1.72 bits per heavy atom. The molecule has 1 atom stereocenters. The van der Waals surface area contributed by atoms with Gasteiger partial charge < -0.3 is 20.4 Å². The standard InChI is InChI=1S/C23H39N5.HI/c1-4-27-13-15-28(16-14-27)18-20(2)17-25-22(24-3)26-19-23(11-8-12-23)21-9-6-5-7-10-21;/h5-7,9-10,20H,4,8,11-19H2,1-3H3,(H2,24,25,26);1H. The highest BCUT2D eigenvalue weighted by Gasteiger charge is 2.38. The molecule has 2 aliphatic rings. The summed E-state index contributed by atoms with van der Waals surface area (Å²) in [5, 5.41) is 7.15. The van der Waals surface area contributed by atoms with E-state index in [2.05, 4.69) is 69.6 Å². The molecule has 1 aromatic rings. The van der Waals surface area contributed by atoms with Gasteiger partial charge in [0.05, 0.1) is 0 Å². The van der Waals surface area contributed by atoms with Crippen LogP contribution < -0.4 is 10.6 Å². The van der Waals surface area contributed by atoms with Gasteiger partial charge >= 0.3 is 0 Å². The zero-order valence-corrected chi connectivity index (χ0v) is 20.8. The first-order valence-corrected chi connectivity index (χ1v) is 11.1. The lowest BCUT2D eigenvalue weighted by atomic mass is 9.64. The molecule has 1 unspecified atom stereocenters. The Kier molecular flexibility index (Phi) is 10.2. The molecule has 1 aromatic carbocycles. The number of aliphatic imine (C=N–C) groups is 1. The molecule has 29 heavy (non-hydrogen) atoms. The van der Waals surface area contributed by atoms with E-state index in [0.29, 0.717) is 5.92 Å². The molecule has 1 heterocycles. The smallest absolute Gasteiger partial charge is 0.191 e. The second kappa shape index (κ2) is 12.1. The van der Waals surface area contributed by atoms with Gasteiger partial charge in [-0.15, -0.1) is 24.0 Å². The Morgan fingerprint density at radius 1 is 1.07 bits per heavy atom. The molecule has 1 saturated heterocycles. The highest BCUT2D eigenvalue weighted by atomic mass is 127. The zero-order chi connectivity index (χ0) is 19.8. The summed E-state index contributed by atoms with van der Waals surface area (Å²) in [6.07, 6.45) is 3.85. The molecule has 3 rings (SSSR count). The summed E-state index contributed by atoms with van der Waals surface area (Å²) in [5.74, 6) is 1.54. The number of nitrogens with zero attached hydrogens (tertiary/aromatic N) is 3. The molecule has 0 spiro atoms. The highest BCUT2D eigenvalue weighted by molar-refractivity contribution is 14.0. The van der Waals surface area contributed by atoms with Crippen molar-refractivity contribution in [2.75, 3.05) is 59.4 Å². The van der Waals surface area contributed by atoms with Crippen LogP contribution in [0.5, 0.6) is 0 Å². The van der Waals surface area contributed by atoms with Crippen LogP contribution in [0.25, 0.3) is 0 Å². The van der Waals surface area contributed by atoms with Crippen molar-refractivity contribution in [2.24, 2.45) is 10.9 Å². The van der Waals surface area contributed by atoms with Gasteiger partial charge in [0.2, 0.25) is 0 Å². The minimum absolute atomic E-state index is 0. The first-order chi connectivity index (χ1) is 13.6. The first-order valence-electron chi connectivity index (χ1n) is 11.1. The van der Waals surface area contributed by atoms with Gasteiger partial charge in [0.25, 0.3) is 0 Å². The highest BCUT2D eigenvalue weighted by Crippen LogP contribution is 2.43. The third-order valence-electron chi connectivity index (χ3n) is 6.61. The number of hydrogen-bond donors (Lipinski definition) is 2. The van der Waals surface area contributed by atoms with Crippen LogP contribution in [0.15, 0.2) is 35.3 Å². The van der Waals surface area contributed by atoms with E-state index < -0.39 is 0 Å². The Hall–Kier alpha value is -0.860. The second-order valence-corrected chi connectivity index (χ2v) is 8.65. The van der Waals surface area contributed by atoms with Crippen LogP contribution in [0.3, 0.4) is 0 Å². The summed E-state index contributed by atoms with van der Waals surface area (Å²) in [6, 6.07) is 11.0. The molecule has 0 aromatic heterocycles. The molecule has 1 aliphatic carbocycles. The van der Waals surface area contributed by atoms with Gasteiger partial charge in [0.1, 0.15) is 0 Å². The fourth-order valence-electron chi connectivity index (χ4n) is 4.50. The number of benzene rings is 1. The molecule has 0 radical (unpaired) electrons. The van der Waals surface area contributed by atoms with Crippen LogP contribution in [0.4, 0.5) is 0 Å². The van der Waals surface area contributed by atoms with E-state index in [1.165, 1.54) is 57.5 Å². The maximum atomic E-state index is 4.46. The Balaban J connectivity index is 0.00000300. The molecular weight excluding hydrogens is 473 g/mol. The molecule has 1 aliphatic heterocycles. The van der Waals surface area contributed by atoms with Crippen LogP contribution in [0.1, 0.15) is 38.7 Å². The van der Waals surface area contributed by atoms with E-state index >= 15 is 0 Å². The van der Waals surface area contributed by atoms with Crippen molar-refractivity contribution in [1.82, 2.24) is 20.4 Å². The number of likely N-dealkylation sites (N-methyl/N-ethyl adjacent to an activating group) is 1. The van der Waals surface area contributed by atoms with Crippen molar-refractivity contribution >= 4 is 29.9 Å². The van der Waals surface area contributed by atoms with Crippen molar-refractivity contribution in [1.29, 1.82) is 0 Å². The van der Waals surface area contributed by atoms with E-state index in [4.69, 9.17) is 0 Å². The monoisotopic (exact) mass is 513 g/mol. The predicted molar refractivity (Wildman–Crippen MR) is 134 cm³/mol. The van der Waals surface area contributed by atoms with E-state index in [9.17, 15) is 0 Å². The van der Waals surface area contributed by atoms with Gasteiger partial charge in [-0.2, -0.15) is 0 Å². The summed E-state index contributed by atoms with van der Waals surface area (Å²) >= 11 is 0. The number of halogens is 1. The minimum Gasteiger partial charge on any atom is -0.356 e. The molecule has 6 heteroatoms. The number of guanidine groups is 1. The van der Waals surface area contributed by atoms with Crippen molar-refractivity contribution in [2.45, 2.75) is 38.5 Å². The molecule has 0 amide bonds. The second-order valence-electron chi connectivity index (χ2n) is 8.65. The van der Waals surface area contributed by atoms with Gasteiger partial charge in [-0.3, -0.25) is 4.99 Å². The van der Waals surface area contributed by atoms with Crippen LogP contribution in [0, 0.1) is 5.92 Å². The van der Waals surface area contributed by atoms with Crippen LogP contribution in [-0.4, -0.2) is 75.2 Å². The largest absolute Gasteiger partial charge is 0.356 e. The number of nitrogens with one attached hydrogen (secondary N) is 2. The van der Waals surface area contributed by atoms with E-state index in [1.54, 1.807) is 0 Å². The number of hydrogen-bond acceptors (Lipinski definition) is 3. The maximum absolute atomic E-state index is 4.46. The van der Waals surface area contributed by atoms with Gasteiger partial charge in [-0.1, -0.05) is 50.6 Å². The van der Waals surface area contributed by atoms with Crippen LogP contribution in [-0.2, 0) is 5.41 Å². The van der Waals surface area contributed by atoms with Crippen LogP contribution >= 0.6 is 24.0 Å². The summed E-state index contributed by atoms with van der Waals surface area (Å²) < 4.78 is 0. The van der Waals surface area contributed by atoms with Crippen molar-refractivity contribution in [3.05, 3.63) is 35.9 Å². The Bertz CT molecular complexity index is 609. The lowest BCUT2D eigenvalue weighted by Gasteiger charge is -2.43. The SMILES string of the molecule is CCN1CCN(CC(C)CNC(=NC)NCC2(c3ccccc3)CCC2)CC1.I. The van der Waals surface area contributed by atoms with Gasteiger partial charge in [-0.05, 0) is 30.9 Å². The molecule has 1 saturated carbocycles. The molecule has 2 fully saturated rings. The first kappa shape index (κ1) is 24.4. The van der Waals surface area contributed by atoms with E-state index in [1.807, 2.05) is 7.05 Å². The normalized spacial score (nSPS) is 21.0. The lowest BCUT2D eigenvalue weighted by molar-refractivity contribution is 0.124. The van der Waals surface area contributed by atoms with Gasteiger partial charge in [-0.25, -0.2) is 0 Å². The fraction of sp³-hybridized carbons (Fsp3) is 0.696. The molecule has 0 bridgehead atoms. The quantitative estimate of drug-likeness (QED) is 0.319. The van der Waals surface area contributed by atoms with Crippen molar-refractivity contribution < 1.29 is 0 Å². The summed E-state index contributed by atoms with van der Waals surface area (Å²) in [4.78, 5) is 9.60. The van der Waals surface area contributed by atoms with Gasteiger partial charge in [0, 0.05) is 58.3 Å². The van der Waals surface area contributed by atoms with E-state index in [-0.39, 0.29) is 29.4 Å². The van der Waals surface area contributed by atoms with Crippen molar-refractivity contribution in [3.63, 3.8) is 0 Å². The third kappa shape index (κ3) is 6.82. The maximum Gasteiger partial charge on any atom is 0.191 e. The summed E-state index contributed by atoms with van der Waals surface area (Å²) in [5.41, 5.74) is 1.74. The average Bonchev–Trinajstić information content (AvgIpc) is 2.70. The Morgan fingerprint density at radius 3 is 2.28 bits per heavy atom. The minimum atomic E-state index is 0. The summed E-state index contributed by atoms with van der Waals surface area (Å²) in [6.45, 7) is 13.7. The van der Waals surface area contributed by atoms with Crippen molar-refractivity contribution in [3.8, 4) is 0 Å². The number of piperazine rings is 1. The number of rotatable bonds is 8. The topological polar surface area (TPSA) is 42.9 Å². The molecule has 5 nitrogen and oxygen atoms in total. The zero-order valence-electron chi connectivity index (χ0n) is 18.5. The van der Waals surface area contributed by atoms with Crippen LogP contribution in [0.2, 0.25) is 0 Å². The molecule has 2 N–H and O–H groups in total. The fourth-order valence-corrected chi connectivity index (χ4v) is 4.50. The summed E-state index contributed by atoms with van der Waals surface area (Å²) in [7, 11) is 1.87. The predicted octanol–water partition coefficient (Wildman–Crippen LogP) is 3.16. The third-order valence-corrected chi connectivity index (χ3v) is 6.61. The molecular formula is C23H40IN5. The Labute approximate surface area is 194 Å².